The van der Waals surface area contributed by atoms with Crippen LogP contribution in [0.15, 0.2) is 24.3 Å². The Hall–Kier alpha value is -1.47. The van der Waals surface area contributed by atoms with Crippen LogP contribution in [0.25, 0.3) is 10.6 Å². The maximum Gasteiger partial charge on any atom is 0.416 e. The first-order valence-corrected chi connectivity index (χ1v) is 7.07. The van der Waals surface area contributed by atoms with Crippen LogP contribution in [0.2, 0.25) is 0 Å². The molecule has 20 heavy (non-hydrogen) atoms. The predicted molar refractivity (Wildman–Crippen MR) is 70.2 cm³/mol. The van der Waals surface area contributed by atoms with Gasteiger partial charge in [0, 0.05) is 18.2 Å². The summed E-state index contributed by atoms with van der Waals surface area (Å²) in [6.07, 6.45) is -1.98. The van der Waals surface area contributed by atoms with Crippen molar-refractivity contribution in [2.45, 2.75) is 31.6 Å². The van der Waals surface area contributed by atoms with Crippen LogP contribution in [0.1, 0.15) is 23.4 Å². The monoisotopic (exact) mass is 299 g/mol. The van der Waals surface area contributed by atoms with Crippen molar-refractivity contribution in [3.8, 4) is 10.6 Å². The van der Waals surface area contributed by atoms with Crippen LogP contribution < -0.4 is 5.32 Å². The molecular weight excluding hydrogens is 287 g/mol. The minimum absolute atomic E-state index is 0.454. The molecule has 2 aromatic rings. The number of benzene rings is 1. The number of halogens is 3. The molecule has 1 saturated carbocycles. The summed E-state index contributed by atoms with van der Waals surface area (Å²) in [5.41, 5.74) is -0.210. The van der Waals surface area contributed by atoms with E-state index in [9.17, 15) is 13.2 Å². The summed E-state index contributed by atoms with van der Waals surface area (Å²) >= 11 is 1.32. The van der Waals surface area contributed by atoms with E-state index in [4.69, 9.17) is 0 Å². The zero-order chi connectivity index (χ0) is 14.2. The van der Waals surface area contributed by atoms with E-state index in [1.165, 1.54) is 30.2 Å². The molecular formula is C13H12F3N3S. The third kappa shape index (κ3) is 3.16. The summed E-state index contributed by atoms with van der Waals surface area (Å²) in [7, 11) is 0. The lowest BCUT2D eigenvalue weighted by Crippen LogP contribution is -2.14. The molecule has 0 atom stereocenters. The number of alkyl halides is 3. The molecule has 0 spiro atoms. The summed E-state index contributed by atoms with van der Waals surface area (Å²) in [5.74, 6) is 0. The number of rotatable bonds is 4. The van der Waals surface area contributed by atoms with Gasteiger partial charge in [0.1, 0.15) is 10.0 Å². The first-order valence-electron chi connectivity index (χ1n) is 6.26. The molecule has 0 saturated heterocycles. The van der Waals surface area contributed by atoms with E-state index in [1.54, 1.807) is 6.07 Å². The molecule has 106 valence electrons. The second-order valence-electron chi connectivity index (χ2n) is 4.73. The molecule has 1 N–H and O–H groups in total. The van der Waals surface area contributed by atoms with Gasteiger partial charge in [-0.3, -0.25) is 0 Å². The van der Waals surface area contributed by atoms with E-state index in [1.807, 2.05) is 0 Å². The molecule has 1 aromatic heterocycles. The Morgan fingerprint density at radius 3 is 2.75 bits per heavy atom. The lowest BCUT2D eigenvalue weighted by Gasteiger charge is -2.06. The minimum Gasteiger partial charge on any atom is -0.308 e. The van der Waals surface area contributed by atoms with Gasteiger partial charge in [-0.15, -0.1) is 10.2 Å². The first kappa shape index (κ1) is 13.5. The molecule has 3 rings (SSSR count). The van der Waals surface area contributed by atoms with Gasteiger partial charge in [0.15, 0.2) is 0 Å². The number of aromatic nitrogens is 2. The zero-order valence-electron chi connectivity index (χ0n) is 10.4. The number of nitrogens with one attached hydrogen (secondary N) is 1. The summed E-state index contributed by atoms with van der Waals surface area (Å²) in [6, 6.07) is 5.74. The molecule has 0 aliphatic heterocycles. The summed E-state index contributed by atoms with van der Waals surface area (Å²) in [5, 5.41) is 12.6. The number of nitrogens with zero attached hydrogens (tertiary/aromatic N) is 2. The van der Waals surface area contributed by atoms with Gasteiger partial charge in [-0.2, -0.15) is 13.2 Å². The molecule has 1 aliphatic carbocycles. The van der Waals surface area contributed by atoms with Gasteiger partial charge in [-0.05, 0) is 25.0 Å². The highest BCUT2D eigenvalue weighted by atomic mass is 32.1. The molecule has 1 fully saturated rings. The average molecular weight is 299 g/mol. The largest absolute Gasteiger partial charge is 0.416 e. The molecule has 0 amide bonds. The Bertz CT molecular complexity index is 605. The van der Waals surface area contributed by atoms with Gasteiger partial charge in [0.25, 0.3) is 0 Å². The summed E-state index contributed by atoms with van der Waals surface area (Å²) in [6.45, 7) is 0.626. The van der Waals surface area contributed by atoms with Crippen molar-refractivity contribution in [3.63, 3.8) is 0 Å². The molecule has 0 unspecified atom stereocenters. The highest BCUT2D eigenvalue weighted by Crippen LogP contribution is 2.33. The van der Waals surface area contributed by atoms with Crippen LogP contribution >= 0.6 is 11.3 Å². The minimum atomic E-state index is -4.34. The highest BCUT2D eigenvalue weighted by Gasteiger charge is 2.30. The van der Waals surface area contributed by atoms with E-state index < -0.39 is 11.7 Å². The molecule has 3 nitrogen and oxygen atoms in total. The van der Waals surface area contributed by atoms with Gasteiger partial charge in [-0.25, -0.2) is 0 Å². The number of hydrogen-bond donors (Lipinski definition) is 1. The molecule has 1 aliphatic rings. The summed E-state index contributed by atoms with van der Waals surface area (Å²) in [4.78, 5) is 0. The van der Waals surface area contributed by atoms with E-state index in [-0.39, 0.29) is 0 Å². The second-order valence-corrected chi connectivity index (χ2v) is 5.80. The van der Waals surface area contributed by atoms with E-state index in [2.05, 4.69) is 15.5 Å². The van der Waals surface area contributed by atoms with Crippen LogP contribution in [0, 0.1) is 0 Å². The first-order chi connectivity index (χ1) is 9.52. The Kier molecular flexibility index (Phi) is 3.47. The van der Waals surface area contributed by atoms with Crippen molar-refractivity contribution >= 4 is 11.3 Å². The van der Waals surface area contributed by atoms with E-state index in [0.717, 1.165) is 17.1 Å². The highest BCUT2D eigenvalue weighted by molar-refractivity contribution is 7.14. The Balaban J connectivity index is 1.78. The van der Waals surface area contributed by atoms with Gasteiger partial charge < -0.3 is 5.32 Å². The Morgan fingerprint density at radius 1 is 1.25 bits per heavy atom. The molecule has 0 bridgehead atoms. The lowest BCUT2D eigenvalue weighted by atomic mass is 10.1. The zero-order valence-corrected chi connectivity index (χ0v) is 11.3. The van der Waals surface area contributed by atoms with Crippen molar-refractivity contribution in [2.24, 2.45) is 0 Å². The normalized spacial score (nSPS) is 15.6. The lowest BCUT2D eigenvalue weighted by molar-refractivity contribution is -0.137. The topological polar surface area (TPSA) is 37.8 Å². The predicted octanol–water partition coefficient (Wildman–Crippen LogP) is 3.48. The molecule has 0 radical (unpaired) electrons. The summed E-state index contributed by atoms with van der Waals surface area (Å²) < 4.78 is 38.0. The Morgan fingerprint density at radius 2 is 2.05 bits per heavy atom. The van der Waals surface area contributed by atoms with Gasteiger partial charge in [-0.1, -0.05) is 23.5 Å². The van der Waals surface area contributed by atoms with Crippen LogP contribution in [-0.4, -0.2) is 16.2 Å². The maximum absolute atomic E-state index is 12.7. The fourth-order valence-electron chi connectivity index (χ4n) is 1.79. The van der Waals surface area contributed by atoms with Crippen LogP contribution in [0.3, 0.4) is 0 Å². The third-order valence-corrected chi connectivity index (χ3v) is 4.00. The van der Waals surface area contributed by atoms with Crippen molar-refractivity contribution in [3.05, 3.63) is 34.8 Å². The van der Waals surface area contributed by atoms with Crippen molar-refractivity contribution < 1.29 is 13.2 Å². The molecule has 7 heteroatoms. The van der Waals surface area contributed by atoms with E-state index in [0.29, 0.717) is 23.2 Å². The van der Waals surface area contributed by atoms with Crippen molar-refractivity contribution in [1.29, 1.82) is 0 Å². The van der Waals surface area contributed by atoms with Gasteiger partial charge in [0.2, 0.25) is 0 Å². The Labute approximate surface area is 117 Å². The van der Waals surface area contributed by atoms with Crippen molar-refractivity contribution in [1.82, 2.24) is 15.5 Å². The smallest absolute Gasteiger partial charge is 0.308 e. The number of hydrogen-bond acceptors (Lipinski definition) is 4. The average Bonchev–Trinajstić information content (AvgIpc) is 3.12. The third-order valence-electron chi connectivity index (χ3n) is 3.02. The van der Waals surface area contributed by atoms with Crippen molar-refractivity contribution in [2.75, 3.05) is 0 Å². The van der Waals surface area contributed by atoms with Crippen LogP contribution in [0.4, 0.5) is 13.2 Å². The molecule has 1 heterocycles. The van der Waals surface area contributed by atoms with Gasteiger partial charge in [0.05, 0.1) is 5.56 Å². The fraction of sp³-hybridized carbons (Fsp3) is 0.385. The SMILES string of the molecule is FC(F)(F)c1cccc(-c2nnc(CNC3CC3)s2)c1. The molecule has 1 aromatic carbocycles. The van der Waals surface area contributed by atoms with Crippen LogP contribution in [-0.2, 0) is 12.7 Å². The van der Waals surface area contributed by atoms with Crippen LogP contribution in [0.5, 0.6) is 0 Å². The van der Waals surface area contributed by atoms with Gasteiger partial charge >= 0.3 is 6.18 Å². The maximum atomic E-state index is 12.7. The quantitative estimate of drug-likeness (QED) is 0.939. The standard InChI is InChI=1S/C13H12F3N3S/c14-13(15,16)9-3-1-2-8(6-9)12-19-18-11(20-12)7-17-10-4-5-10/h1-3,6,10,17H,4-5,7H2. The second kappa shape index (κ2) is 5.14. The van der Waals surface area contributed by atoms with E-state index >= 15 is 0 Å². The fourth-order valence-corrected chi connectivity index (χ4v) is 2.58.